The maximum atomic E-state index is 12.5. The normalized spacial score (nSPS) is 17.7. The van der Waals surface area contributed by atoms with Crippen LogP contribution in [0.5, 0.6) is 0 Å². The van der Waals surface area contributed by atoms with Crippen molar-refractivity contribution in [3.63, 3.8) is 0 Å². The minimum atomic E-state index is -3.70. The van der Waals surface area contributed by atoms with Crippen molar-refractivity contribution in [1.29, 1.82) is 0 Å². The van der Waals surface area contributed by atoms with Gasteiger partial charge in [-0.05, 0) is 30.9 Å². The van der Waals surface area contributed by atoms with Gasteiger partial charge in [-0.25, -0.2) is 33.0 Å². The molecule has 1 aliphatic heterocycles. The molecule has 2 aromatic heterocycles. The number of carbonyl (C=O) groups is 2. The Balaban J connectivity index is 1.64. The summed E-state index contributed by atoms with van der Waals surface area (Å²) in [5, 5.41) is 0. The van der Waals surface area contributed by atoms with Gasteiger partial charge in [0.25, 0.3) is 0 Å². The molecule has 12 heteroatoms. The van der Waals surface area contributed by atoms with E-state index in [-0.39, 0.29) is 28.3 Å². The highest BCUT2D eigenvalue weighted by atomic mass is 32.2. The molecule has 0 N–H and O–H groups in total. The third-order valence-electron chi connectivity index (χ3n) is 6.91. The smallest absolute Gasteiger partial charge is 0.341 e. The first kappa shape index (κ1) is 25.1. The summed E-state index contributed by atoms with van der Waals surface area (Å²) in [5.41, 5.74) is 2.20. The van der Waals surface area contributed by atoms with Crippen LogP contribution in [0.4, 0.5) is 5.95 Å². The molecular formula is C25H29N5O6S. The predicted molar refractivity (Wildman–Crippen MR) is 134 cm³/mol. The van der Waals surface area contributed by atoms with Crippen molar-refractivity contribution in [3.8, 4) is 0 Å². The lowest BCUT2D eigenvalue weighted by Gasteiger charge is -2.38. The van der Waals surface area contributed by atoms with Crippen LogP contribution in [-0.4, -0.2) is 66.9 Å². The van der Waals surface area contributed by atoms with Crippen LogP contribution in [0.3, 0.4) is 0 Å². The molecule has 0 bridgehead atoms. The van der Waals surface area contributed by atoms with Gasteiger partial charge in [-0.1, -0.05) is 13.8 Å². The van der Waals surface area contributed by atoms with E-state index in [4.69, 9.17) is 19.4 Å². The molecule has 0 saturated heterocycles. The van der Waals surface area contributed by atoms with Crippen LogP contribution in [-0.2, 0) is 25.9 Å². The summed E-state index contributed by atoms with van der Waals surface area (Å²) < 4.78 is 36.8. The second-order valence-corrected chi connectivity index (χ2v) is 11.8. The number of esters is 2. The van der Waals surface area contributed by atoms with E-state index in [0.29, 0.717) is 41.3 Å². The van der Waals surface area contributed by atoms with E-state index in [0.717, 1.165) is 24.9 Å². The van der Waals surface area contributed by atoms with Crippen molar-refractivity contribution in [2.75, 3.05) is 31.9 Å². The summed E-state index contributed by atoms with van der Waals surface area (Å²) in [6.07, 6.45) is 4.54. The number of benzene rings is 1. The van der Waals surface area contributed by atoms with E-state index in [1.165, 1.54) is 32.5 Å². The zero-order valence-corrected chi connectivity index (χ0v) is 22.2. The highest BCUT2D eigenvalue weighted by molar-refractivity contribution is 7.90. The van der Waals surface area contributed by atoms with Crippen LogP contribution in [0.2, 0.25) is 0 Å². The van der Waals surface area contributed by atoms with Crippen LogP contribution >= 0.6 is 0 Å². The van der Waals surface area contributed by atoms with Crippen LogP contribution < -0.4 is 4.90 Å². The minimum absolute atomic E-state index is 0.0401. The largest absolute Gasteiger partial charge is 0.465 e. The monoisotopic (exact) mass is 527 g/mol. The Morgan fingerprint density at radius 3 is 2.30 bits per heavy atom. The molecule has 0 spiro atoms. The molecule has 3 aromatic rings. The molecule has 5 rings (SSSR count). The van der Waals surface area contributed by atoms with E-state index < -0.39 is 21.8 Å². The Bertz CT molecular complexity index is 1530. The van der Waals surface area contributed by atoms with E-state index in [1.54, 1.807) is 0 Å². The van der Waals surface area contributed by atoms with Crippen molar-refractivity contribution < 1.29 is 27.5 Å². The lowest BCUT2D eigenvalue weighted by atomic mass is 10.00. The van der Waals surface area contributed by atoms with Gasteiger partial charge in [0.1, 0.15) is 5.82 Å². The van der Waals surface area contributed by atoms with E-state index in [1.807, 2.05) is 4.57 Å². The summed E-state index contributed by atoms with van der Waals surface area (Å²) >= 11 is 0. The Morgan fingerprint density at radius 1 is 1.03 bits per heavy atom. The van der Waals surface area contributed by atoms with E-state index in [2.05, 4.69) is 23.7 Å². The second kappa shape index (κ2) is 9.09. The first-order chi connectivity index (χ1) is 17.5. The lowest BCUT2D eigenvalue weighted by molar-refractivity contribution is 0.0588. The fraction of sp³-hybridized carbons (Fsp3) is 0.480. The molecule has 2 aliphatic rings. The first-order valence-corrected chi connectivity index (χ1v) is 14.0. The number of sulfone groups is 1. The number of aromatic nitrogens is 4. The van der Waals surface area contributed by atoms with Gasteiger partial charge in [-0.2, -0.15) is 0 Å². The third kappa shape index (κ3) is 4.32. The molecule has 1 aromatic carbocycles. The summed E-state index contributed by atoms with van der Waals surface area (Å²) in [4.78, 5) is 40.9. The predicted octanol–water partition coefficient (Wildman–Crippen LogP) is 2.90. The van der Waals surface area contributed by atoms with Gasteiger partial charge in [0.05, 0.1) is 53.0 Å². The molecule has 37 heavy (non-hydrogen) atoms. The molecule has 1 atom stereocenters. The Morgan fingerprint density at radius 2 is 1.70 bits per heavy atom. The van der Waals surface area contributed by atoms with Crippen LogP contribution in [0.15, 0.2) is 23.2 Å². The van der Waals surface area contributed by atoms with Crippen molar-refractivity contribution in [2.24, 2.45) is 5.92 Å². The maximum Gasteiger partial charge on any atom is 0.341 e. The molecule has 0 amide bonds. The number of fused-ring (bicyclic) bond motifs is 3. The van der Waals surface area contributed by atoms with Gasteiger partial charge in [0.2, 0.25) is 5.95 Å². The van der Waals surface area contributed by atoms with Crippen LogP contribution in [0, 0.1) is 5.92 Å². The first-order valence-electron chi connectivity index (χ1n) is 12.1. The zero-order chi connectivity index (χ0) is 26.6. The molecule has 1 saturated carbocycles. The number of imidazole rings is 1. The van der Waals surface area contributed by atoms with Crippen molar-refractivity contribution in [1.82, 2.24) is 19.5 Å². The number of nitrogens with zero attached hydrogens (tertiary/aromatic N) is 5. The molecule has 11 nitrogen and oxygen atoms in total. The number of ether oxygens (including phenoxy) is 2. The lowest BCUT2D eigenvalue weighted by Crippen LogP contribution is -2.42. The third-order valence-corrected chi connectivity index (χ3v) is 8.05. The number of anilines is 1. The number of carbonyl (C=O) groups excluding carboxylic acids is 2. The SMILES string of the molecule is COC(=O)c1cc2nc3n(c2cc1S(C)(=O)=O)CCN(c1ncc(C(=O)OC)c(C2CC2)n1)C3C(C)C. The van der Waals surface area contributed by atoms with Gasteiger partial charge >= 0.3 is 11.9 Å². The molecule has 1 fully saturated rings. The summed E-state index contributed by atoms with van der Waals surface area (Å²) in [5.74, 6) is 0.372. The Hall–Kier alpha value is -3.54. The Kier molecular flexibility index (Phi) is 6.17. The number of methoxy groups -OCH3 is 2. The van der Waals surface area contributed by atoms with Crippen molar-refractivity contribution in [2.45, 2.75) is 50.1 Å². The molecule has 196 valence electrons. The number of rotatable bonds is 6. The summed E-state index contributed by atoms with van der Waals surface area (Å²) in [6, 6.07) is 2.77. The standard InChI is InChI=1S/C25H29N5O6S/c1-13(2)21-22-27-17-10-15(23(31)35-3)19(37(5,33)34)11-18(17)29(22)8-9-30(21)25-26-12-16(24(32)36-4)20(28-25)14-6-7-14/h10-14,21H,6-9H2,1-5H3. The summed E-state index contributed by atoms with van der Waals surface area (Å²) in [7, 11) is -1.14. The van der Waals surface area contributed by atoms with Gasteiger partial charge in [-0.15, -0.1) is 0 Å². The molecule has 3 heterocycles. The van der Waals surface area contributed by atoms with Crippen molar-refractivity contribution >= 4 is 38.8 Å². The van der Waals surface area contributed by atoms with E-state index >= 15 is 0 Å². The van der Waals surface area contributed by atoms with Crippen LogP contribution in [0.25, 0.3) is 11.0 Å². The minimum Gasteiger partial charge on any atom is -0.465 e. The van der Waals surface area contributed by atoms with Gasteiger partial charge < -0.3 is 18.9 Å². The maximum absolute atomic E-state index is 12.5. The molecule has 1 unspecified atom stereocenters. The fourth-order valence-electron chi connectivity index (χ4n) is 5.04. The highest BCUT2D eigenvalue weighted by Gasteiger charge is 2.37. The van der Waals surface area contributed by atoms with Crippen LogP contribution in [0.1, 0.15) is 70.9 Å². The van der Waals surface area contributed by atoms with E-state index in [9.17, 15) is 18.0 Å². The Labute approximate surface area is 214 Å². The van der Waals surface area contributed by atoms with Gasteiger partial charge in [0, 0.05) is 31.5 Å². The average molecular weight is 528 g/mol. The quantitative estimate of drug-likeness (QED) is 0.441. The number of hydrogen-bond donors (Lipinski definition) is 0. The zero-order valence-electron chi connectivity index (χ0n) is 21.4. The highest BCUT2D eigenvalue weighted by Crippen LogP contribution is 2.42. The van der Waals surface area contributed by atoms with Gasteiger partial charge in [-0.3, -0.25) is 0 Å². The molecule has 0 radical (unpaired) electrons. The molecular weight excluding hydrogens is 498 g/mol. The van der Waals surface area contributed by atoms with Crippen molar-refractivity contribution in [3.05, 3.63) is 41.0 Å². The number of hydrogen-bond acceptors (Lipinski definition) is 10. The summed E-state index contributed by atoms with van der Waals surface area (Å²) in [6.45, 7) is 5.20. The fourth-order valence-corrected chi connectivity index (χ4v) is 5.90. The topological polar surface area (TPSA) is 134 Å². The van der Waals surface area contributed by atoms with Gasteiger partial charge in [0.15, 0.2) is 9.84 Å². The molecule has 1 aliphatic carbocycles. The second-order valence-electron chi connectivity index (χ2n) is 9.84. The average Bonchev–Trinajstić information content (AvgIpc) is 3.65.